The van der Waals surface area contributed by atoms with E-state index < -0.39 is 16.6 Å². The van der Waals surface area contributed by atoms with Gasteiger partial charge in [0, 0.05) is 16.6 Å². The van der Waals surface area contributed by atoms with Crippen LogP contribution in [0.2, 0.25) is 24.2 Å². The highest BCUT2D eigenvalue weighted by atomic mass is 29.2. The molecule has 0 aliphatic carbocycles. The number of hydrogen-bond donors (Lipinski definition) is 0. The highest BCUT2D eigenvalue weighted by molar-refractivity contribution is 7.22. The molecule has 2 unspecified atom stereocenters. The van der Waals surface area contributed by atoms with E-state index in [0.29, 0.717) is 10.5 Å². The van der Waals surface area contributed by atoms with Gasteiger partial charge in [-0.25, -0.2) is 0 Å². The van der Waals surface area contributed by atoms with Gasteiger partial charge in [-0.2, -0.15) is 0 Å². The summed E-state index contributed by atoms with van der Waals surface area (Å²) in [5.74, 6) is 0. The van der Waals surface area contributed by atoms with Gasteiger partial charge in [0.2, 0.25) is 0 Å². The number of hydrogen-bond acceptors (Lipinski definition) is 0. The molecule has 0 nitrogen and oxygen atoms in total. The Labute approximate surface area is 94.5 Å². The molecule has 86 valence electrons. The van der Waals surface area contributed by atoms with Gasteiger partial charge >= 0.3 is 0 Å². The fraction of sp³-hybridized carbons (Fsp3) is 1.00. The highest BCUT2D eigenvalue weighted by Crippen LogP contribution is 2.34. The lowest BCUT2D eigenvalue weighted by atomic mass is 9.93. The third-order valence-corrected chi connectivity index (χ3v) is 19.1. The molecule has 0 aromatic carbocycles. The van der Waals surface area contributed by atoms with Gasteiger partial charge < -0.3 is 0 Å². The zero-order valence-corrected chi connectivity index (χ0v) is 13.9. The van der Waals surface area contributed by atoms with Gasteiger partial charge in [-0.3, -0.25) is 0 Å². The molecule has 0 rings (SSSR count). The maximum absolute atomic E-state index is 2.61. The summed E-state index contributed by atoms with van der Waals surface area (Å²) in [5, 5.41) is 0.648. The molecule has 0 saturated carbocycles. The van der Waals surface area contributed by atoms with Gasteiger partial charge in [0.1, 0.15) is 0 Å². The minimum atomic E-state index is -0.459. The van der Waals surface area contributed by atoms with Crippen molar-refractivity contribution in [2.45, 2.75) is 72.1 Å². The molecule has 0 aromatic heterocycles. The van der Waals surface area contributed by atoms with Crippen molar-refractivity contribution in [3.8, 4) is 0 Å². The smallest absolute Gasteiger partial charge is 0.0306 e. The van der Waals surface area contributed by atoms with Crippen LogP contribution in [0.25, 0.3) is 0 Å². The molecule has 0 saturated heterocycles. The van der Waals surface area contributed by atoms with Crippen molar-refractivity contribution >= 4 is 16.6 Å². The second-order valence-electron chi connectivity index (χ2n) is 6.85. The Morgan fingerprint density at radius 1 is 0.929 bits per heavy atom. The molecule has 0 fully saturated rings. The van der Waals surface area contributed by atoms with E-state index in [1.807, 2.05) is 0 Å². The standard InChI is InChI=1S/C12H30Si2/c1-9-12(5,6)10-13(7)14(8)11(2,3)4/h13-14H,9-10H2,1-8H3. The second-order valence-corrected chi connectivity index (χ2v) is 18.9. The van der Waals surface area contributed by atoms with E-state index in [0.717, 1.165) is 0 Å². The molecule has 0 aliphatic rings. The van der Waals surface area contributed by atoms with Crippen LogP contribution in [0.5, 0.6) is 0 Å². The Kier molecular flexibility index (Phi) is 5.13. The first-order valence-electron chi connectivity index (χ1n) is 6.10. The van der Waals surface area contributed by atoms with E-state index in [9.17, 15) is 0 Å². The Hall–Kier alpha value is 0.434. The fourth-order valence-electron chi connectivity index (χ4n) is 2.05. The lowest BCUT2D eigenvalue weighted by Gasteiger charge is -2.35. The van der Waals surface area contributed by atoms with E-state index in [-0.39, 0.29) is 0 Å². The first kappa shape index (κ1) is 14.4. The van der Waals surface area contributed by atoms with Gasteiger partial charge in [0.05, 0.1) is 0 Å². The summed E-state index contributed by atoms with van der Waals surface area (Å²) in [6.45, 7) is 19.8. The second kappa shape index (κ2) is 4.97. The van der Waals surface area contributed by atoms with Crippen molar-refractivity contribution in [1.29, 1.82) is 0 Å². The molecular weight excluding hydrogens is 200 g/mol. The van der Waals surface area contributed by atoms with Crippen LogP contribution in [-0.4, -0.2) is 16.6 Å². The van der Waals surface area contributed by atoms with E-state index in [4.69, 9.17) is 0 Å². The minimum absolute atomic E-state index is 0.425. The van der Waals surface area contributed by atoms with Gasteiger partial charge in [0.15, 0.2) is 0 Å². The predicted octanol–water partition coefficient (Wildman–Crippen LogP) is 4.01. The Morgan fingerprint density at radius 3 is 1.64 bits per heavy atom. The quantitative estimate of drug-likeness (QED) is 0.640. The van der Waals surface area contributed by atoms with Crippen LogP contribution >= 0.6 is 0 Å². The molecule has 0 spiro atoms. The van der Waals surface area contributed by atoms with E-state index in [1.54, 1.807) is 6.04 Å². The van der Waals surface area contributed by atoms with Crippen molar-refractivity contribution in [1.82, 2.24) is 0 Å². The van der Waals surface area contributed by atoms with Gasteiger partial charge in [-0.15, -0.1) is 0 Å². The molecule has 0 bridgehead atoms. The molecule has 0 amide bonds. The molecule has 2 heteroatoms. The Balaban J connectivity index is 4.28. The van der Waals surface area contributed by atoms with Crippen molar-refractivity contribution in [2.24, 2.45) is 5.41 Å². The van der Waals surface area contributed by atoms with Crippen LogP contribution in [0.1, 0.15) is 48.0 Å². The maximum atomic E-state index is 2.61. The SMILES string of the molecule is CCC(C)(C)C[SiH](C)[SiH](C)C(C)(C)C. The summed E-state index contributed by atoms with van der Waals surface area (Å²) in [6, 6.07) is 1.55. The van der Waals surface area contributed by atoms with Gasteiger partial charge in [-0.1, -0.05) is 67.1 Å². The summed E-state index contributed by atoms with van der Waals surface area (Å²) in [6.07, 6.45) is 1.34. The topological polar surface area (TPSA) is 0 Å². The van der Waals surface area contributed by atoms with Crippen LogP contribution in [-0.2, 0) is 0 Å². The lowest BCUT2D eigenvalue weighted by molar-refractivity contribution is 0.395. The monoisotopic (exact) mass is 230 g/mol. The van der Waals surface area contributed by atoms with Crippen LogP contribution in [0.3, 0.4) is 0 Å². The summed E-state index contributed by atoms with van der Waals surface area (Å²) in [4.78, 5) is 0. The number of rotatable bonds is 4. The third-order valence-electron chi connectivity index (χ3n) is 4.05. The van der Waals surface area contributed by atoms with Crippen molar-refractivity contribution < 1.29 is 0 Å². The van der Waals surface area contributed by atoms with E-state index in [1.165, 1.54) is 6.42 Å². The minimum Gasteiger partial charge on any atom is -0.0741 e. The molecule has 2 atom stereocenters. The summed E-state index contributed by atoms with van der Waals surface area (Å²) < 4.78 is 0. The van der Waals surface area contributed by atoms with Crippen LogP contribution in [0.15, 0.2) is 0 Å². The highest BCUT2D eigenvalue weighted by Gasteiger charge is 2.31. The Morgan fingerprint density at radius 2 is 1.36 bits per heavy atom. The zero-order valence-electron chi connectivity index (χ0n) is 11.6. The van der Waals surface area contributed by atoms with Crippen molar-refractivity contribution in [3.63, 3.8) is 0 Å². The zero-order chi connectivity index (χ0) is 11.6. The molecule has 0 N–H and O–H groups in total. The average Bonchev–Trinajstić information content (AvgIpc) is 2.00. The van der Waals surface area contributed by atoms with Gasteiger partial charge in [0.25, 0.3) is 0 Å². The van der Waals surface area contributed by atoms with Crippen LogP contribution < -0.4 is 0 Å². The molecular formula is C12H30Si2. The first-order chi connectivity index (χ1) is 6.10. The first-order valence-corrected chi connectivity index (χ1v) is 12.5. The average molecular weight is 231 g/mol. The molecule has 0 aromatic rings. The predicted molar refractivity (Wildman–Crippen MR) is 74.6 cm³/mol. The maximum Gasteiger partial charge on any atom is 0.0306 e. The summed E-state index contributed by atoms with van der Waals surface area (Å²) in [5.41, 5.74) is 0.609. The van der Waals surface area contributed by atoms with Gasteiger partial charge in [-0.05, 0) is 10.5 Å². The summed E-state index contributed by atoms with van der Waals surface area (Å²) >= 11 is 0. The lowest BCUT2D eigenvalue weighted by Crippen LogP contribution is -2.40. The van der Waals surface area contributed by atoms with Crippen LogP contribution in [0.4, 0.5) is 0 Å². The molecule has 14 heavy (non-hydrogen) atoms. The molecule has 0 radical (unpaired) electrons. The van der Waals surface area contributed by atoms with E-state index in [2.05, 4.69) is 54.6 Å². The normalized spacial score (nSPS) is 18.0. The fourth-order valence-corrected chi connectivity index (χ4v) is 14.2. The largest absolute Gasteiger partial charge is 0.0741 e. The van der Waals surface area contributed by atoms with E-state index >= 15 is 0 Å². The van der Waals surface area contributed by atoms with Crippen LogP contribution in [0, 0.1) is 5.41 Å². The van der Waals surface area contributed by atoms with Crippen molar-refractivity contribution in [3.05, 3.63) is 0 Å². The summed E-state index contributed by atoms with van der Waals surface area (Å²) in [7, 11) is -0.884. The molecule has 0 heterocycles. The third kappa shape index (κ3) is 4.78. The van der Waals surface area contributed by atoms with Crippen molar-refractivity contribution in [2.75, 3.05) is 0 Å². The molecule has 0 aliphatic heterocycles. The Bertz CT molecular complexity index is 168.